The summed E-state index contributed by atoms with van der Waals surface area (Å²) in [6.45, 7) is 2.83. The summed E-state index contributed by atoms with van der Waals surface area (Å²) in [5.74, 6) is -3.07. The number of amides is 3. The normalized spacial score (nSPS) is 13.1. The van der Waals surface area contributed by atoms with Crippen LogP contribution in [0.4, 0.5) is 0 Å². The molecule has 0 saturated carbocycles. The first-order valence-electron chi connectivity index (χ1n) is 6.62. The highest BCUT2D eigenvalue weighted by Crippen LogP contribution is 1.97. The fraction of sp³-hybridized carbons (Fsp3) is 0.667. The Morgan fingerprint density at radius 1 is 1.09 bits per heavy atom. The van der Waals surface area contributed by atoms with Gasteiger partial charge in [0.15, 0.2) is 0 Å². The van der Waals surface area contributed by atoms with Gasteiger partial charge in [-0.2, -0.15) is 12.6 Å². The quantitative estimate of drug-likeness (QED) is 0.261. The molecule has 0 bridgehead atoms. The first-order chi connectivity index (χ1) is 10.2. The highest BCUT2D eigenvalue weighted by atomic mass is 32.1. The molecule has 0 rings (SSSR count). The lowest BCUT2D eigenvalue weighted by molar-refractivity contribution is -0.141. The zero-order valence-electron chi connectivity index (χ0n) is 12.5. The van der Waals surface area contributed by atoms with E-state index in [9.17, 15) is 19.2 Å². The molecule has 0 aromatic heterocycles. The maximum Gasteiger partial charge on any atom is 0.327 e. The number of hydrogen-bond donors (Lipinski definition) is 6. The monoisotopic (exact) mass is 334 g/mol. The number of carbonyl (C=O) groups excluding carboxylic acids is 3. The van der Waals surface area contributed by atoms with E-state index in [0.717, 1.165) is 0 Å². The molecule has 0 saturated heterocycles. The van der Waals surface area contributed by atoms with Crippen molar-refractivity contribution in [3.8, 4) is 0 Å². The van der Waals surface area contributed by atoms with Crippen LogP contribution in [-0.2, 0) is 19.2 Å². The van der Waals surface area contributed by atoms with E-state index in [0.29, 0.717) is 0 Å². The molecule has 0 heterocycles. The molecule has 0 radical (unpaired) electrons. The zero-order chi connectivity index (χ0) is 17.3. The maximum atomic E-state index is 11.5. The second-order valence-electron chi connectivity index (χ2n) is 4.91. The number of carbonyl (C=O) groups is 4. The molecule has 0 fully saturated rings. The van der Waals surface area contributed by atoms with Gasteiger partial charge in [-0.3, -0.25) is 14.4 Å². The molecule has 126 valence electrons. The SMILES string of the molecule is CC(C)C(N)C(=O)NCC(=O)NCC(=O)NC(CS)C(=O)O. The molecule has 6 N–H and O–H groups in total. The molecule has 2 unspecified atom stereocenters. The van der Waals surface area contributed by atoms with Crippen molar-refractivity contribution >= 4 is 36.3 Å². The summed E-state index contributed by atoms with van der Waals surface area (Å²) in [5.41, 5.74) is 5.60. The Hall–Kier alpha value is -1.81. The Labute approximate surface area is 133 Å². The largest absolute Gasteiger partial charge is 0.480 e. The van der Waals surface area contributed by atoms with E-state index >= 15 is 0 Å². The average molecular weight is 334 g/mol. The van der Waals surface area contributed by atoms with Gasteiger partial charge in [0, 0.05) is 5.75 Å². The second kappa shape index (κ2) is 10.0. The summed E-state index contributed by atoms with van der Waals surface area (Å²) in [7, 11) is 0. The van der Waals surface area contributed by atoms with E-state index in [1.165, 1.54) is 0 Å². The predicted molar refractivity (Wildman–Crippen MR) is 82.3 cm³/mol. The van der Waals surface area contributed by atoms with E-state index in [-0.39, 0.29) is 18.2 Å². The molecule has 10 heteroatoms. The average Bonchev–Trinajstić information content (AvgIpc) is 2.46. The van der Waals surface area contributed by atoms with Gasteiger partial charge in [0.05, 0.1) is 19.1 Å². The van der Waals surface area contributed by atoms with E-state index in [2.05, 4.69) is 28.6 Å². The molecule has 0 spiro atoms. The highest BCUT2D eigenvalue weighted by molar-refractivity contribution is 7.80. The van der Waals surface area contributed by atoms with Gasteiger partial charge in [-0.15, -0.1) is 0 Å². The summed E-state index contributed by atoms with van der Waals surface area (Å²) in [5, 5.41) is 15.5. The van der Waals surface area contributed by atoms with Crippen LogP contribution in [0, 0.1) is 5.92 Å². The molecule has 0 aromatic carbocycles. The lowest BCUT2D eigenvalue weighted by Crippen LogP contribution is -2.49. The molecule has 0 aliphatic heterocycles. The van der Waals surface area contributed by atoms with Crippen molar-refractivity contribution in [3.63, 3.8) is 0 Å². The molecule has 0 aliphatic rings. The van der Waals surface area contributed by atoms with E-state index < -0.39 is 42.3 Å². The van der Waals surface area contributed by atoms with Gasteiger partial charge in [0.2, 0.25) is 17.7 Å². The van der Waals surface area contributed by atoms with Gasteiger partial charge in [-0.1, -0.05) is 13.8 Å². The van der Waals surface area contributed by atoms with Crippen LogP contribution in [0.25, 0.3) is 0 Å². The summed E-state index contributed by atoms with van der Waals surface area (Å²) in [6.07, 6.45) is 0. The third-order valence-corrected chi connectivity index (χ3v) is 3.07. The summed E-state index contributed by atoms with van der Waals surface area (Å²) >= 11 is 3.79. The van der Waals surface area contributed by atoms with Crippen LogP contribution >= 0.6 is 12.6 Å². The van der Waals surface area contributed by atoms with Crippen LogP contribution in [0.1, 0.15) is 13.8 Å². The number of carboxylic acids is 1. The van der Waals surface area contributed by atoms with Crippen molar-refractivity contribution in [3.05, 3.63) is 0 Å². The number of carboxylic acid groups (broad SMARTS) is 1. The fourth-order valence-corrected chi connectivity index (χ4v) is 1.51. The van der Waals surface area contributed by atoms with Crippen molar-refractivity contribution in [2.24, 2.45) is 11.7 Å². The minimum atomic E-state index is -1.22. The Morgan fingerprint density at radius 2 is 1.64 bits per heavy atom. The third-order valence-electron chi connectivity index (χ3n) is 2.71. The van der Waals surface area contributed by atoms with Crippen molar-refractivity contribution < 1.29 is 24.3 Å². The Kier molecular flexibility index (Phi) is 9.18. The molecular weight excluding hydrogens is 312 g/mol. The molecule has 2 atom stereocenters. The van der Waals surface area contributed by atoms with Crippen LogP contribution in [0.3, 0.4) is 0 Å². The lowest BCUT2D eigenvalue weighted by Gasteiger charge is -2.15. The van der Waals surface area contributed by atoms with Gasteiger partial charge in [-0.05, 0) is 5.92 Å². The molecule has 0 aromatic rings. The van der Waals surface area contributed by atoms with Crippen molar-refractivity contribution in [1.82, 2.24) is 16.0 Å². The van der Waals surface area contributed by atoms with Gasteiger partial charge >= 0.3 is 5.97 Å². The van der Waals surface area contributed by atoms with Gasteiger partial charge < -0.3 is 26.8 Å². The summed E-state index contributed by atoms with van der Waals surface area (Å²) in [4.78, 5) is 45.1. The van der Waals surface area contributed by atoms with Crippen LogP contribution < -0.4 is 21.7 Å². The number of rotatable bonds is 9. The number of nitrogens with two attached hydrogens (primary N) is 1. The van der Waals surface area contributed by atoms with Crippen LogP contribution in [0.15, 0.2) is 0 Å². The van der Waals surface area contributed by atoms with Gasteiger partial charge in [0.25, 0.3) is 0 Å². The molecule has 3 amide bonds. The third kappa shape index (κ3) is 7.84. The van der Waals surface area contributed by atoms with Gasteiger partial charge in [-0.25, -0.2) is 4.79 Å². The molecule has 22 heavy (non-hydrogen) atoms. The summed E-state index contributed by atoms with van der Waals surface area (Å²) in [6, 6.07) is -1.85. The maximum absolute atomic E-state index is 11.5. The highest BCUT2D eigenvalue weighted by Gasteiger charge is 2.19. The number of aliphatic carboxylic acids is 1. The minimum Gasteiger partial charge on any atom is -0.480 e. The van der Waals surface area contributed by atoms with E-state index in [4.69, 9.17) is 10.8 Å². The van der Waals surface area contributed by atoms with Crippen LogP contribution in [0.5, 0.6) is 0 Å². The topological polar surface area (TPSA) is 151 Å². The van der Waals surface area contributed by atoms with Crippen molar-refractivity contribution in [2.45, 2.75) is 25.9 Å². The molecule has 0 aliphatic carbocycles. The Bertz CT molecular complexity index is 430. The van der Waals surface area contributed by atoms with E-state index in [1.807, 2.05) is 0 Å². The number of nitrogens with one attached hydrogen (secondary N) is 3. The number of hydrogen-bond acceptors (Lipinski definition) is 6. The minimum absolute atomic E-state index is 0.0666. The van der Waals surface area contributed by atoms with Crippen molar-refractivity contribution in [1.29, 1.82) is 0 Å². The first-order valence-corrected chi connectivity index (χ1v) is 7.25. The van der Waals surface area contributed by atoms with Crippen molar-refractivity contribution in [2.75, 3.05) is 18.8 Å². The van der Waals surface area contributed by atoms with Crippen LogP contribution in [-0.4, -0.2) is 59.7 Å². The smallest absolute Gasteiger partial charge is 0.327 e. The summed E-state index contributed by atoms with van der Waals surface area (Å²) < 4.78 is 0. The molecule has 9 nitrogen and oxygen atoms in total. The van der Waals surface area contributed by atoms with Gasteiger partial charge in [0.1, 0.15) is 6.04 Å². The Morgan fingerprint density at radius 3 is 2.09 bits per heavy atom. The fourth-order valence-electron chi connectivity index (χ4n) is 1.26. The zero-order valence-corrected chi connectivity index (χ0v) is 13.4. The molecular formula is C12H22N4O5S. The van der Waals surface area contributed by atoms with Crippen LogP contribution in [0.2, 0.25) is 0 Å². The number of thiol groups is 1. The standard InChI is InChI=1S/C12H22N4O5S/c1-6(2)10(13)11(19)15-3-8(17)14-4-9(18)16-7(5-22)12(20)21/h6-7,10,22H,3-5,13H2,1-2H3,(H,14,17)(H,15,19)(H,16,18)(H,20,21). The predicted octanol–water partition coefficient (Wildman–Crippen LogP) is -2.30. The Balaban J connectivity index is 4.06. The first kappa shape index (κ1) is 20.2. The van der Waals surface area contributed by atoms with E-state index in [1.54, 1.807) is 13.8 Å². The second-order valence-corrected chi connectivity index (χ2v) is 5.27. The lowest BCUT2D eigenvalue weighted by atomic mass is 10.1.